The van der Waals surface area contributed by atoms with Gasteiger partial charge in [0.15, 0.2) is 11.5 Å². The van der Waals surface area contributed by atoms with E-state index in [0.29, 0.717) is 23.6 Å². The van der Waals surface area contributed by atoms with Crippen LogP contribution in [0.2, 0.25) is 0 Å². The molecule has 23 heavy (non-hydrogen) atoms. The van der Waals surface area contributed by atoms with Crippen LogP contribution in [0, 0.1) is 0 Å². The zero-order valence-corrected chi connectivity index (χ0v) is 12.4. The summed E-state index contributed by atoms with van der Waals surface area (Å²) >= 11 is 0. The van der Waals surface area contributed by atoms with Crippen LogP contribution in [0.1, 0.15) is 18.0 Å². The molecule has 2 aromatic carbocycles. The summed E-state index contributed by atoms with van der Waals surface area (Å²) in [5, 5.41) is 2.91. The smallest absolute Gasteiger partial charge is 0.242 e. The van der Waals surface area contributed by atoms with Crippen LogP contribution in [-0.4, -0.2) is 18.7 Å². The Morgan fingerprint density at radius 1 is 1.04 bits per heavy atom. The van der Waals surface area contributed by atoms with Gasteiger partial charge in [0, 0.05) is 17.8 Å². The molecule has 3 N–H and O–H groups in total. The molecule has 1 saturated heterocycles. The molecule has 2 heterocycles. The molecule has 2 aromatic rings. The first-order valence-electron chi connectivity index (χ1n) is 7.56. The lowest BCUT2D eigenvalue weighted by molar-refractivity contribution is -0.117. The maximum Gasteiger partial charge on any atom is 0.242 e. The van der Waals surface area contributed by atoms with Crippen LogP contribution in [0.3, 0.4) is 0 Å². The standard InChI is InChI=1S/C17H17N3O3/c21-17(18-12-6-7-15-16(8-12)23-10-22-15)14-9-13(19-20-14)11-4-2-1-3-5-11/h1-8,13-14,19-20H,9-10H2,(H,18,21). The summed E-state index contributed by atoms with van der Waals surface area (Å²) in [7, 11) is 0. The number of benzene rings is 2. The molecule has 0 aromatic heterocycles. The number of hydrogen-bond donors (Lipinski definition) is 3. The summed E-state index contributed by atoms with van der Waals surface area (Å²) in [5.74, 6) is 1.28. The lowest BCUT2D eigenvalue weighted by atomic mass is 10.0. The Bertz CT molecular complexity index is 720. The number of nitrogens with one attached hydrogen (secondary N) is 3. The van der Waals surface area contributed by atoms with Gasteiger partial charge in [0.1, 0.15) is 6.04 Å². The zero-order valence-electron chi connectivity index (χ0n) is 12.4. The van der Waals surface area contributed by atoms with Gasteiger partial charge in [0.05, 0.1) is 0 Å². The van der Waals surface area contributed by atoms with Crippen LogP contribution in [0.4, 0.5) is 5.69 Å². The molecule has 0 bridgehead atoms. The molecule has 6 nitrogen and oxygen atoms in total. The first kappa shape index (κ1) is 14.0. The Balaban J connectivity index is 1.40. The molecule has 2 atom stereocenters. The van der Waals surface area contributed by atoms with Crippen LogP contribution >= 0.6 is 0 Å². The zero-order chi connectivity index (χ0) is 15.6. The number of fused-ring (bicyclic) bond motifs is 1. The van der Waals surface area contributed by atoms with Crippen LogP contribution in [0.25, 0.3) is 0 Å². The average Bonchev–Trinajstić information content (AvgIpc) is 3.24. The van der Waals surface area contributed by atoms with E-state index in [-0.39, 0.29) is 24.8 Å². The van der Waals surface area contributed by atoms with Crippen LogP contribution < -0.4 is 25.6 Å². The van der Waals surface area contributed by atoms with Gasteiger partial charge in [-0.15, -0.1) is 0 Å². The Hall–Kier alpha value is -2.57. The van der Waals surface area contributed by atoms with E-state index in [1.807, 2.05) is 24.3 Å². The van der Waals surface area contributed by atoms with E-state index in [2.05, 4.69) is 28.3 Å². The number of carbonyl (C=O) groups is 1. The van der Waals surface area contributed by atoms with Crippen LogP contribution in [-0.2, 0) is 4.79 Å². The molecule has 1 fully saturated rings. The van der Waals surface area contributed by atoms with Crippen molar-refractivity contribution in [3.8, 4) is 11.5 Å². The van der Waals surface area contributed by atoms with Gasteiger partial charge in [-0.2, -0.15) is 0 Å². The molecular formula is C17H17N3O3. The number of hydrogen-bond acceptors (Lipinski definition) is 5. The molecule has 2 aliphatic heterocycles. The van der Waals surface area contributed by atoms with E-state index in [1.54, 1.807) is 12.1 Å². The van der Waals surface area contributed by atoms with Crippen molar-refractivity contribution in [1.82, 2.24) is 10.9 Å². The van der Waals surface area contributed by atoms with E-state index >= 15 is 0 Å². The largest absolute Gasteiger partial charge is 0.454 e. The molecule has 4 rings (SSSR count). The normalized spacial score (nSPS) is 22.1. The van der Waals surface area contributed by atoms with E-state index < -0.39 is 0 Å². The first-order valence-corrected chi connectivity index (χ1v) is 7.56. The van der Waals surface area contributed by atoms with Gasteiger partial charge >= 0.3 is 0 Å². The minimum absolute atomic E-state index is 0.0743. The van der Waals surface area contributed by atoms with Crippen molar-refractivity contribution in [3.63, 3.8) is 0 Å². The molecule has 0 saturated carbocycles. The fourth-order valence-corrected chi connectivity index (χ4v) is 2.84. The lowest BCUT2D eigenvalue weighted by Crippen LogP contribution is -2.39. The predicted molar refractivity (Wildman–Crippen MR) is 85.1 cm³/mol. The van der Waals surface area contributed by atoms with Gasteiger partial charge in [-0.3, -0.25) is 4.79 Å². The fourth-order valence-electron chi connectivity index (χ4n) is 2.84. The van der Waals surface area contributed by atoms with Gasteiger partial charge in [-0.05, 0) is 24.1 Å². The maximum absolute atomic E-state index is 12.4. The molecular weight excluding hydrogens is 294 g/mol. The number of anilines is 1. The molecule has 6 heteroatoms. The van der Waals surface area contributed by atoms with Crippen LogP contribution in [0.15, 0.2) is 48.5 Å². The van der Waals surface area contributed by atoms with Crippen molar-refractivity contribution in [2.24, 2.45) is 0 Å². The molecule has 0 radical (unpaired) electrons. The van der Waals surface area contributed by atoms with Crippen molar-refractivity contribution in [1.29, 1.82) is 0 Å². The van der Waals surface area contributed by atoms with Crippen LogP contribution in [0.5, 0.6) is 11.5 Å². The van der Waals surface area contributed by atoms with Crippen molar-refractivity contribution in [2.45, 2.75) is 18.5 Å². The highest BCUT2D eigenvalue weighted by Gasteiger charge is 2.30. The van der Waals surface area contributed by atoms with Crippen molar-refractivity contribution in [3.05, 3.63) is 54.1 Å². The number of ether oxygens (including phenoxy) is 2. The van der Waals surface area contributed by atoms with Gasteiger partial charge in [0.25, 0.3) is 0 Å². The van der Waals surface area contributed by atoms with Gasteiger partial charge < -0.3 is 14.8 Å². The topological polar surface area (TPSA) is 71.6 Å². The highest BCUT2D eigenvalue weighted by Crippen LogP contribution is 2.34. The van der Waals surface area contributed by atoms with Crippen molar-refractivity contribution >= 4 is 11.6 Å². The Morgan fingerprint density at radius 2 is 1.87 bits per heavy atom. The summed E-state index contributed by atoms with van der Waals surface area (Å²) in [6.07, 6.45) is 0.695. The second kappa shape index (κ2) is 5.91. The van der Waals surface area contributed by atoms with E-state index in [4.69, 9.17) is 9.47 Å². The highest BCUT2D eigenvalue weighted by molar-refractivity contribution is 5.95. The summed E-state index contributed by atoms with van der Waals surface area (Å²) < 4.78 is 10.6. The summed E-state index contributed by atoms with van der Waals surface area (Å²) in [5.41, 5.74) is 8.10. The van der Waals surface area contributed by atoms with Gasteiger partial charge in [-0.1, -0.05) is 30.3 Å². The van der Waals surface area contributed by atoms with Gasteiger partial charge in [-0.25, -0.2) is 10.9 Å². The minimum atomic E-state index is -0.286. The summed E-state index contributed by atoms with van der Waals surface area (Å²) in [6.45, 7) is 0.222. The van der Waals surface area contributed by atoms with Gasteiger partial charge in [0.2, 0.25) is 12.7 Å². The van der Waals surface area contributed by atoms with Crippen molar-refractivity contribution in [2.75, 3.05) is 12.1 Å². The van der Waals surface area contributed by atoms with E-state index in [0.717, 1.165) is 0 Å². The van der Waals surface area contributed by atoms with Crippen molar-refractivity contribution < 1.29 is 14.3 Å². The number of amides is 1. The molecule has 0 spiro atoms. The Kier molecular flexibility index (Phi) is 3.61. The monoisotopic (exact) mass is 311 g/mol. The number of rotatable bonds is 3. The molecule has 2 unspecified atom stereocenters. The molecule has 118 valence electrons. The number of hydrazine groups is 1. The SMILES string of the molecule is O=C(Nc1ccc2c(c1)OCO2)C1CC(c2ccccc2)NN1. The Morgan fingerprint density at radius 3 is 2.74 bits per heavy atom. The predicted octanol–water partition coefficient (Wildman–Crippen LogP) is 1.96. The average molecular weight is 311 g/mol. The van der Waals surface area contributed by atoms with E-state index in [1.165, 1.54) is 5.56 Å². The first-order chi connectivity index (χ1) is 11.3. The molecule has 2 aliphatic rings. The minimum Gasteiger partial charge on any atom is -0.454 e. The third kappa shape index (κ3) is 2.86. The Labute approximate surface area is 133 Å². The quantitative estimate of drug-likeness (QED) is 0.808. The third-order valence-corrected chi connectivity index (χ3v) is 4.06. The highest BCUT2D eigenvalue weighted by atomic mass is 16.7. The fraction of sp³-hybridized carbons (Fsp3) is 0.235. The van der Waals surface area contributed by atoms with E-state index in [9.17, 15) is 4.79 Å². The third-order valence-electron chi connectivity index (χ3n) is 4.06. The summed E-state index contributed by atoms with van der Waals surface area (Å²) in [4.78, 5) is 12.4. The second-order valence-electron chi connectivity index (χ2n) is 5.60. The molecule has 1 amide bonds. The maximum atomic E-state index is 12.4. The molecule has 0 aliphatic carbocycles. The lowest BCUT2D eigenvalue weighted by Gasteiger charge is -2.11. The number of carbonyl (C=O) groups excluding carboxylic acids is 1. The summed E-state index contributed by atoms with van der Waals surface area (Å²) in [6, 6.07) is 15.3. The second-order valence-corrected chi connectivity index (χ2v) is 5.60.